The molecule has 7 N–H and O–H groups in total. The number of anilines is 1. The summed E-state index contributed by atoms with van der Waals surface area (Å²) in [5, 5.41) is 33.8. The molecule has 0 saturated carbocycles. The number of hydrogen-bond acceptors (Lipinski definition) is 17. The van der Waals surface area contributed by atoms with Crippen molar-refractivity contribution in [1.82, 2.24) is 9.55 Å². The average molecular weight is 1120 g/mol. The minimum Gasteiger partial charge on any atom is -0.462 e. The predicted molar refractivity (Wildman–Crippen MR) is 293 cm³/mol. The zero-order valence-corrected chi connectivity index (χ0v) is 46.9. The second kappa shape index (κ2) is 38.4. The number of aliphatic hydroxyl groups is 3. The predicted octanol–water partition coefficient (Wildman–Crippen LogP) is 9.68. The monoisotopic (exact) mass is 1120 g/mol. The standard InChI is InChI=1S/C55H87N3O17P2/c1-3-5-7-8-9-10-11-12-13-14-15-16-17-18-19-20-21-22-23-28-32-50(61)70-40-45-41-71-76(66,67)75-77(68,69)72-42-48-53(64)52(63)46(36-35-44(59)31-26-6-4-2)47(60)37-34-43(30-27-24-25-29-33-51(62)73-45)54(74-48)58-39-38-49(56)57-55(58)65/h10-11,13-14,16-17,24,27,34-39,43-46,48,52-54,59,63-64H,3-9,12,15,18-23,25-26,28-33,40-42H2,1-2H3,(H,66,67)(H,68,69)(H2,56,57,65)/b11-10-,14-13-,17-16-,27-24?,36-35?,37-34?/t43-,44-,45+,46-,48+,52-,53+,54+/m0/s1. The normalized spacial score (nSPS) is 27.2. The van der Waals surface area contributed by atoms with Gasteiger partial charge in [0, 0.05) is 25.0 Å². The van der Waals surface area contributed by atoms with E-state index in [-0.39, 0.29) is 31.5 Å². The van der Waals surface area contributed by atoms with Gasteiger partial charge in [0.15, 0.2) is 11.9 Å². The molecular formula is C55H87N3O17P2. The highest BCUT2D eigenvalue weighted by atomic mass is 31.3. The molecule has 2 bridgehead atoms. The summed E-state index contributed by atoms with van der Waals surface area (Å²) in [6, 6.07) is 1.28. The first-order valence-electron chi connectivity index (χ1n) is 27.5. The molecule has 0 amide bonds. The van der Waals surface area contributed by atoms with E-state index in [0.29, 0.717) is 25.7 Å². The number of nitrogen functional groups attached to an aromatic ring is 1. The van der Waals surface area contributed by atoms with E-state index in [1.54, 1.807) is 12.2 Å². The highest BCUT2D eigenvalue weighted by Gasteiger charge is 2.42. The number of allylic oxidation sites excluding steroid dienone is 9. The van der Waals surface area contributed by atoms with Crippen LogP contribution in [0.1, 0.15) is 168 Å². The number of carbonyl (C=O) groups excluding carboxylic acids is 3. The lowest BCUT2D eigenvalue weighted by atomic mass is 9.88. The summed E-state index contributed by atoms with van der Waals surface area (Å²) in [5.41, 5.74) is 4.84. The van der Waals surface area contributed by atoms with Crippen LogP contribution in [0.15, 0.2) is 90.0 Å². The van der Waals surface area contributed by atoms with Crippen molar-refractivity contribution in [1.29, 1.82) is 0 Å². The maximum Gasteiger partial charge on any atom is 0.481 e. The van der Waals surface area contributed by atoms with Crippen molar-refractivity contribution in [3.63, 3.8) is 0 Å². The Hall–Kier alpha value is -4.17. The van der Waals surface area contributed by atoms with Gasteiger partial charge < -0.3 is 45.1 Å². The summed E-state index contributed by atoms with van der Waals surface area (Å²) in [4.78, 5) is 77.9. The highest BCUT2D eigenvalue weighted by molar-refractivity contribution is 7.61. The van der Waals surface area contributed by atoms with Crippen LogP contribution in [0.2, 0.25) is 0 Å². The summed E-state index contributed by atoms with van der Waals surface area (Å²) >= 11 is 0. The summed E-state index contributed by atoms with van der Waals surface area (Å²) in [5.74, 6) is -4.68. The smallest absolute Gasteiger partial charge is 0.462 e. The molecule has 22 heteroatoms. The minimum atomic E-state index is -5.68. The molecular weight excluding hydrogens is 1040 g/mol. The SMILES string of the molecule is CCCCCC/C=C\C/C=C\C/C=C\CCCCCCCCC(=O)OC[C@@H]1COP(=O)(O)OP(=O)(O)OC[C@H]2O[C@@H](n3ccc(N)nc3=O)[C@H](C=CC(=O)[C@H](C=C[C@@H](O)CCCCC)[C@H](O)[C@@H]2O)CC=CCCCC(=O)O1. The van der Waals surface area contributed by atoms with Gasteiger partial charge in [-0.25, -0.2) is 13.9 Å². The summed E-state index contributed by atoms with van der Waals surface area (Å²) in [6.45, 7) is 1.55. The van der Waals surface area contributed by atoms with Crippen molar-refractivity contribution < 1.29 is 76.2 Å². The number of carbonyl (C=O) groups is 3. The van der Waals surface area contributed by atoms with Crippen molar-refractivity contribution in [3.8, 4) is 0 Å². The van der Waals surface area contributed by atoms with Crippen LogP contribution < -0.4 is 11.4 Å². The fraction of sp³-hybridized carbons (Fsp3) is 0.655. The first-order chi connectivity index (χ1) is 36.9. The van der Waals surface area contributed by atoms with Crippen molar-refractivity contribution in [3.05, 3.63) is 95.7 Å². The maximum atomic E-state index is 13.8. The molecule has 0 aromatic carbocycles. The van der Waals surface area contributed by atoms with E-state index in [4.69, 9.17) is 29.0 Å². The number of ketones is 1. The highest BCUT2D eigenvalue weighted by Crippen LogP contribution is 2.60. The number of phosphoric acid groups is 2. The molecule has 10 atom stereocenters. The number of aromatic nitrogens is 2. The Morgan fingerprint density at radius 1 is 0.844 bits per heavy atom. The van der Waals surface area contributed by atoms with Crippen LogP contribution in [-0.2, 0) is 51.1 Å². The molecule has 1 aromatic rings. The van der Waals surface area contributed by atoms with Crippen LogP contribution >= 0.6 is 15.6 Å². The third-order valence-corrected chi connectivity index (χ3v) is 15.3. The van der Waals surface area contributed by atoms with Crippen molar-refractivity contribution >= 4 is 39.2 Å². The molecule has 0 aliphatic carbocycles. The van der Waals surface area contributed by atoms with Gasteiger partial charge in [0.1, 0.15) is 30.9 Å². The van der Waals surface area contributed by atoms with E-state index in [1.165, 1.54) is 56.2 Å². The first kappa shape index (κ1) is 67.1. The fourth-order valence-electron chi connectivity index (χ4n) is 8.35. The maximum absolute atomic E-state index is 13.8. The number of cyclic esters (lactones) is 1. The van der Waals surface area contributed by atoms with Crippen LogP contribution in [0.25, 0.3) is 0 Å². The summed E-state index contributed by atoms with van der Waals surface area (Å²) in [7, 11) is -11.3. The van der Waals surface area contributed by atoms with Crippen molar-refractivity contribution in [2.24, 2.45) is 11.8 Å². The number of esters is 2. The van der Waals surface area contributed by atoms with E-state index in [9.17, 15) is 53.4 Å². The number of fused-ring (bicyclic) bond motifs is 3. The summed E-state index contributed by atoms with van der Waals surface area (Å²) < 4.78 is 59.1. The topological polar surface area (TPSA) is 303 Å². The second-order valence-electron chi connectivity index (χ2n) is 19.4. The Morgan fingerprint density at radius 2 is 1.47 bits per heavy atom. The molecule has 20 nitrogen and oxygen atoms in total. The van der Waals surface area contributed by atoms with E-state index in [2.05, 4.69) is 52.7 Å². The van der Waals surface area contributed by atoms with Gasteiger partial charge in [-0.2, -0.15) is 9.29 Å². The van der Waals surface area contributed by atoms with Gasteiger partial charge in [-0.05, 0) is 82.8 Å². The van der Waals surface area contributed by atoms with Crippen LogP contribution in [0.3, 0.4) is 0 Å². The molecule has 1 aromatic heterocycles. The van der Waals surface area contributed by atoms with E-state index >= 15 is 0 Å². The molecule has 2 unspecified atom stereocenters. The number of nitrogens with zero attached hydrogens (tertiary/aromatic N) is 2. The Balaban J connectivity index is 1.66. The first-order valence-corrected chi connectivity index (χ1v) is 30.5. The molecule has 3 rings (SSSR count). The van der Waals surface area contributed by atoms with Gasteiger partial charge in [0.25, 0.3) is 0 Å². The van der Waals surface area contributed by atoms with Crippen LogP contribution in [0, 0.1) is 11.8 Å². The largest absolute Gasteiger partial charge is 0.481 e. The molecule has 2 aliphatic heterocycles. The number of nitrogens with two attached hydrogens (primary N) is 1. The lowest BCUT2D eigenvalue weighted by Gasteiger charge is -2.36. The quantitative estimate of drug-likeness (QED) is 0.0207. The minimum absolute atomic E-state index is 0.0486. The van der Waals surface area contributed by atoms with E-state index in [1.807, 2.05) is 6.92 Å². The molecule has 0 radical (unpaired) electrons. The van der Waals surface area contributed by atoms with Gasteiger partial charge in [-0.1, -0.05) is 145 Å². The van der Waals surface area contributed by atoms with E-state index < -0.39 is 107 Å². The Kier molecular flexibility index (Phi) is 33.5. The van der Waals surface area contributed by atoms with Gasteiger partial charge in [-0.15, -0.1) is 0 Å². The third-order valence-electron chi connectivity index (χ3n) is 12.7. The number of hydrogen-bond donors (Lipinski definition) is 6. The summed E-state index contributed by atoms with van der Waals surface area (Å²) in [6.07, 6.45) is 31.0. The molecule has 0 spiro atoms. The molecule has 0 fully saturated rings. The lowest BCUT2D eigenvalue weighted by Crippen LogP contribution is -2.49. The second-order valence-corrected chi connectivity index (χ2v) is 22.4. The molecule has 77 heavy (non-hydrogen) atoms. The van der Waals surface area contributed by atoms with Crippen LogP contribution in [-0.4, -0.2) is 103 Å². The number of rotatable bonds is 27. The number of unbranched alkanes of at least 4 members (excludes halogenated alkanes) is 12. The number of phosphoric ester groups is 2. The Labute approximate surface area is 454 Å². The van der Waals surface area contributed by atoms with Gasteiger partial charge in [0.2, 0.25) is 0 Å². The van der Waals surface area contributed by atoms with Crippen LogP contribution in [0.5, 0.6) is 0 Å². The van der Waals surface area contributed by atoms with Crippen LogP contribution in [0.4, 0.5) is 5.82 Å². The number of ether oxygens (including phenoxy) is 3. The lowest BCUT2D eigenvalue weighted by molar-refractivity contribution is -0.167. The average Bonchev–Trinajstić information content (AvgIpc) is 3.38. The van der Waals surface area contributed by atoms with Gasteiger partial charge in [0.05, 0.1) is 31.3 Å². The number of aliphatic hydroxyl groups excluding tert-OH is 3. The van der Waals surface area contributed by atoms with Gasteiger partial charge >= 0.3 is 33.3 Å². The molecule has 0 saturated heterocycles. The Morgan fingerprint density at radius 3 is 2.14 bits per heavy atom. The molecule has 2 aliphatic rings. The molecule has 3 heterocycles. The zero-order valence-electron chi connectivity index (χ0n) is 45.1. The third kappa shape index (κ3) is 29.0. The van der Waals surface area contributed by atoms with Crippen molar-refractivity contribution in [2.75, 3.05) is 25.6 Å². The Bertz CT molecular complexity index is 2230. The fourth-order valence-corrected chi connectivity index (χ4v) is 10.5. The van der Waals surface area contributed by atoms with Gasteiger partial charge in [-0.3, -0.25) is 28.0 Å². The zero-order chi connectivity index (χ0) is 56.3. The van der Waals surface area contributed by atoms with E-state index in [0.717, 1.165) is 81.3 Å². The van der Waals surface area contributed by atoms with Crippen molar-refractivity contribution in [2.45, 2.75) is 198 Å². The molecule has 434 valence electrons.